The molecule has 25 heavy (non-hydrogen) atoms. The van der Waals surface area contributed by atoms with E-state index < -0.39 is 17.6 Å². The number of nitrogens with one attached hydrogen (secondary N) is 2. The van der Waals surface area contributed by atoms with Gasteiger partial charge in [-0.1, -0.05) is 47.5 Å². The molecule has 0 aliphatic rings. The van der Waals surface area contributed by atoms with Gasteiger partial charge in [0, 0.05) is 11.0 Å². The number of carbonyl (C=O) groups excluding carboxylic acids is 2. The summed E-state index contributed by atoms with van der Waals surface area (Å²) in [6, 6.07) is 11.2. The van der Waals surface area contributed by atoms with Crippen LogP contribution in [0.2, 0.25) is 10.0 Å². The van der Waals surface area contributed by atoms with Gasteiger partial charge in [-0.3, -0.25) is 20.4 Å². The number of carbonyl (C=O) groups is 2. The molecule has 130 valence electrons. The van der Waals surface area contributed by atoms with Crippen molar-refractivity contribution in [1.82, 2.24) is 10.9 Å². The molecule has 2 aromatic rings. The summed E-state index contributed by atoms with van der Waals surface area (Å²) in [5.74, 6) is -1.44. The molecule has 0 aromatic heterocycles. The van der Waals surface area contributed by atoms with Crippen molar-refractivity contribution in [2.45, 2.75) is 4.90 Å². The summed E-state index contributed by atoms with van der Waals surface area (Å²) in [5, 5.41) is 0.709. The van der Waals surface area contributed by atoms with E-state index in [4.69, 9.17) is 23.2 Å². The van der Waals surface area contributed by atoms with Crippen molar-refractivity contribution in [3.05, 3.63) is 70.0 Å². The lowest BCUT2D eigenvalue weighted by atomic mass is 10.2. The van der Waals surface area contributed by atoms with E-state index in [0.717, 1.165) is 11.8 Å². The maximum atomic E-state index is 13.4. The van der Waals surface area contributed by atoms with Crippen LogP contribution in [-0.2, 0) is 9.59 Å². The summed E-state index contributed by atoms with van der Waals surface area (Å²) in [6.07, 6.45) is 2.69. The number of halogens is 3. The van der Waals surface area contributed by atoms with Crippen molar-refractivity contribution in [2.24, 2.45) is 0 Å². The van der Waals surface area contributed by atoms with Crippen LogP contribution in [0.4, 0.5) is 4.39 Å². The molecular weight excluding hydrogens is 386 g/mol. The first kappa shape index (κ1) is 19.3. The molecule has 2 rings (SSSR count). The number of hydrogen-bond donors (Lipinski definition) is 2. The van der Waals surface area contributed by atoms with E-state index in [9.17, 15) is 14.0 Å². The highest BCUT2D eigenvalue weighted by Gasteiger charge is 2.07. The van der Waals surface area contributed by atoms with Crippen LogP contribution in [0.5, 0.6) is 0 Å². The third kappa shape index (κ3) is 6.08. The molecule has 0 fully saturated rings. The van der Waals surface area contributed by atoms with E-state index in [1.807, 2.05) is 0 Å². The average Bonchev–Trinajstić information content (AvgIpc) is 2.60. The van der Waals surface area contributed by atoms with Crippen LogP contribution >= 0.6 is 35.0 Å². The van der Waals surface area contributed by atoms with E-state index in [0.29, 0.717) is 20.5 Å². The highest BCUT2D eigenvalue weighted by Crippen LogP contribution is 2.26. The van der Waals surface area contributed by atoms with E-state index in [1.54, 1.807) is 36.4 Å². The molecule has 0 radical (unpaired) electrons. The number of rotatable bonds is 5. The van der Waals surface area contributed by atoms with Crippen LogP contribution < -0.4 is 10.9 Å². The fourth-order valence-electron chi connectivity index (χ4n) is 1.73. The van der Waals surface area contributed by atoms with Gasteiger partial charge in [0.1, 0.15) is 5.82 Å². The molecule has 8 heteroatoms. The Labute approximate surface area is 158 Å². The van der Waals surface area contributed by atoms with Gasteiger partial charge in [-0.2, -0.15) is 0 Å². The first-order valence-electron chi connectivity index (χ1n) is 7.05. The molecular formula is C17H13Cl2FN2O2S. The predicted molar refractivity (Wildman–Crippen MR) is 98.9 cm³/mol. The molecule has 0 spiro atoms. The lowest BCUT2D eigenvalue weighted by Crippen LogP contribution is -2.41. The molecule has 0 heterocycles. The minimum atomic E-state index is -0.541. The Morgan fingerprint density at radius 3 is 2.60 bits per heavy atom. The zero-order valence-corrected chi connectivity index (χ0v) is 15.1. The zero-order valence-electron chi connectivity index (χ0n) is 12.8. The van der Waals surface area contributed by atoms with Crippen molar-refractivity contribution < 1.29 is 14.0 Å². The maximum Gasteiger partial charge on any atom is 0.262 e. The SMILES string of the molecule is O=C(/C=C/c1cccc(Cl)c1Cl)NNC(=O)CSc1ccccc1F. The van der Waals surface area contributed by atoms with Crippen LogP contribution in [0.3, 0.4) is 0 Å². The van der Waals surface area contributed by atoms with Crippen molar-refractivity contribution in [3.8, 4) is 0 Å². The summed E-state index contributed by atoms with van der Waals surface area (Å²) in [5.41, 5.74) is 5.05. The molecule has 0 unspecified atom stereocenters. The highest BCUT2D eigenvalue weighted by molar-refractivity contribution is 8.00. The van der Waals surface area contributed by atoms with Gasteiger partial charge in [0.15, 0.2) is 0 Å². The Morgan fingerprint density at radius 2 is 1.84 bits per heavy atom. The first-order valence-corrected chi connectivity index (χ1v) is 8.80. The number of hydrogen-bond acceptors (Lipinski definition) is 3. The van der Waals surface area contributed by atoms with Gasteiger partial charge in [0.25, 0.3) is 5.91 Å². The van der Waals surface area contributed by atoms with Crippen LogP contribution in [0.15, 0.2) is 53.4 Å². The molecule has 0 aliphatic carbocycles. The molecule has 4 nitrogen and oxygen atoms in total. The molecule has 2 N–H and O–H groups in total. The number of hydrazine groups is 1. The number of amides is 2. The zero-order chi connectivity index (χ0) is 18.2. The van der Waals surface area contributed by atoms with Crippen LogP contribution in [0.25, 0.3) is 6.08 Å². The number of thioether (sulfide) groups is 1. The Hall–Kier alpha value is -2.02. The molecule has 2 aromatic carbocycles. The third-order valence-electron chi connectivity index (χ3n) is 2.92. The first-order chi connectivity index (χ1) is 12.0. The van der Waals surface area contributed by atoms with Gasteiger partial charge in [0.05, 0.1) is 15.8 Å². The molecule has 0 saturated heterocycles. The monoisotopic (exact) mass is 398 g/mol. The summed E-state index contributed by atoms with van der Waals surface area (Å²) in [6.45, 7) is 0. The molecule has 0 aliphatic heterocycles. The number of benzene rings is 2. The van der Waals surface area contributed by atoms with Crippen molar-refractivity contribution >= 4 is 52.9 Å². The second-order valence-corrected chi connectivity index (χ2v) is 6.54. The second kappa shape index (κ2) is 9.46. The van der Waals surface area contributed by atoms with Crippen LogP contribution in [-0.4, -0.2) is 17.6 Å². The molecule has 0 atom stereocenters. The molecule has 2 amide bonds. The lowest BCUT2D eigenvalue weighted by molar-refractivity contribution is -0.125. The van der Waals surface area contributed by atoms with Gasteiger partial charge in [-0.25, -0.2) is 4.39 Å². The van der Waals surface area contributed by atoms with Gasteiger partial charge >= 0.3 is 0 Å². The minimum Gasteiger partial charge on any atom is -0.272 e. The predicted octanol–water partition coefficient (Wildman–Crippen LogP) is 4.09. The third-order valence-corrected chi connectivity index (χ3v) is 4.80. The summed E-state index contributed by atoms with van der Waals surface area (Å²) >= 11 is 12.9. The van der Waals surface area contributed by atoms with Crippen molar-refractivity contribution in [1.29, 1.82) is 0 Å². The summed E-state index contributed by atoms with van der Waals surface area (Å²) in [7, 11) is 0. The normalized spacial score (nSPS) is 10.7. The largest absolute Gasteiger partial charge is 0.272 e. The summed E-state index contributed by atoms with van der Waals surface area (Å²) < 4.78 is 13.4. The second-order valence-electron chi connectivity index (χ2n) is 4.73. The van der Waals surface area contributed by atoms with Gasteiger partial charge in [-0.05, 0) is 29.8 Å². The Morgan fingerprint density at radius 1 is 1.08 bits per heavy atom. The maximum absolute atomic E-state index is 13.4. The smallest absolute Gasteiger partial charge is 0.262 e. The van der Waals surface area contributed by atoms with E-state index in [1.165, 1.54) is 18.2 Å². The highest BCUT2D eigenvalue weighted by atomic mass is 35.5. The standard InChI is InChI=1S/C17H13Cl2FN2O2S/c18-12-5-3-4-11(17(12)19)8-9-15(23)21-22-16(24)10-25-14-7-2-1-6-13(14)20/h1-9H,10H2,(H,21,23)(H,22,24)/b9-8+. The lowest BCUT2D eigenvalue weighted by Gasteiger charge is -2.06. The van der Waals surface area contributed by atoms with E-state index in [-0.39, 0.29) is 5.75 Å². The quantitative estimate of drug-likeness (QED) is 0.453. The Bertz CT molecular complexity index is 815. The van der Waals surface area contributed by atoms with Crippen molar-refractivity contribution in [3.63, 3.8) is 0 Å². The van der Waals surface area contributed by atoms with E-state index >= 15 is 0 Å². The fraction of sp³-hybridized carbons (Fsp3) is 0.0588. The van der Waals surface area contributed by atoms with E-state index in [2.05, 4.69) is 10.9 Å². The molecule has 0 bridgehead atoms. The van der Waals surface area contributed by atoms with Gasteiger partial charge in [-0.15, -0.1) is 11.8 Å². The van der Waals surface area contributed by atoms with Gasteiger partial charge in [0.2, 0.25) is 5.91 Å². The van der Waals surface area contributed by atoms with Crippen molar-refractivity contribution in [2.75, 3.05) is 5.75 Å². The topological polar surface area (TPSA) is 58.2 Å². The van der Waals surface area contributed by atoms with Crippen LogP contribution in [0.1, 0.15) is 5.56 Å². The molecule has 0 saturated carbocycles. The minimum absolute atomic E-state index is 0.0367. The summed E-state index contributed by atoms with van der Waals surface area (Å²) in [4.78, 5) is 23.7. The Balaban J connectivity index is 1.79. The van der Waals surface area contributed by atoms with Crippen LogP contribution in [0, 0.1) is 5.82 Å². The van der Waals surface area contributed by atoms with Gasteiger partial charge < -0.3 is 0 Å². The average molecular weight is 399 g/mol. The fourth-order valence-corrected chi connectivity index (χ4v) is 2.84. The Kier molecular flexibility index (Phi) is 7.31.